The molecular formula is C19H41N3. The third kappa shape index (κ3) is 36.4. The lowest BCUT2D eigenvalue weighted by molar-refractivity contribution is 0.772. The number of hydrogen-bond donors (Lipinski definition) is 1. The zero-order valence-corrected chi connectivity index (χ0v) is 16.3. The third-order valence-electron chi connectivity index (χ3n) is 2.61. The van der Waals surface area contributed by atoms with Crippen LogP contribution in [0.4, 0.5) is 0 Å². The number of allylic oxidation sites excluding steroid dienone is 1. The molecule has 0 aliphatic carbocycles. The Bertz CT molecular complexity index is 270. The van der Waals surface area contributed by atoms with Crippen LogP contribution < -0.4 is 5.73 Å². The van der Waals surface area contributed by atoms with Crippen molar-refractivity contribution in [2.75, 3.05) is 6.54 Å². The minimum absolute atomic E-state index is 0.682. The lowest BCUT2D eigenvalue weighted by Crippen LogP contribution is -2.05. The molecule has 3 heteroatoms. The van der Waals surface area contributed by atoms with Gasteiger partial charge < -0.3 is 5.73 Å². The summed E-state index contributed by atoms with van der Waals surface area (Å²) in [7, 11) is 0. The summed E-state index contributed by atoms with van der Waals surface area (Å²) in [6.07, 6.45) is 12.6. The molecule has 0 atom stereocenters. The molecule has 3 nitrogen and oxygen atoms in total. The molecule has 0 saturated heterocycles. The van der Waals surface area contributed by atoms with Crippen molar-refractivity contribution < 1.29 is 0 Å². The first kappa shape index (κ1) is 25.8. The number of rotatable bonds is 5. The lowest BCUT2D eigenvalue weighted by Gasteiger charge is -1.86. The topological polar surface area (TPSA) is 50.7 Å². The Kier molecular flexibility index (Phi) is 29.2. The van der Waals surface area contributed by atoms with Gasteiger partial charge in [-0.25, -0.2) is 0 Å². The van der Waals surface area contributed by atoms with Crippen LogP contribution in [0.5, 0.6) is 0 Å². The Balaban J connectivity index is -0.000000224. The maximum Gasteiger partial charge on any atom is 0.0905 e. The van der Waals surface area contributed by atoms with Crippen LogP contribution in [-0.4, -0.2) is 18.6 Å². The van der Waals surface area contributed by atoms with Gasteiger partial charge in [-0.05, 0) is 25.8 Å². The van der Waals surface area contributed by atoms with E-state index in [4.69, 9.17) is 5.73 Å². The van der Waals surface area contributed by atoms with Gasteiger partial charge in [0, 0.05) is 25.4 Å². The molecule has 0 saturated carbocycles. The summed E-state index contributed by atoms with van der Waals surface area (Å²) >= 11 is 0. The van der Waals surface area contributed by atoms with Crippen LogP contribution in [0.15, 0.2) is 21.8 Å². The van der Waals surface area contributed by atoms with E-state index in [1.165, 1.54) is 37.7 Å². The summed E-state index contributed by atoms with van der Waals surface area (Å²) < 4.78 is 0. The summed E-state index contributed by atoms with van der Waals surface area (Å²) in [5.41, 5.74) is 6.58. The first-order valence-corrected chi connectivity index (χ1v) is 8.93. The normalized spacial score (nSPS) is 12.1. The molecule has 0 bridgehead atoms. The zero-order valence-electron chi connectivity index (χ0n) is 16.3. The second-order valence-corrected chi connectivity index (χ2v) is 5.39. The van der Waals surface area contributed by atoms with Crippen molar-refractivity contribution >= 4 is 12.1 Å². The number of aliphatic imine (C=N–C) groups is 2. The third-order valence-corrected chi connectivity index (χ3v) is 2.61. The van der Waals surface area contributed by atoms with Crippen molar-refractivity contribution in [2.24, 2.45) is 15.7 Å². The Labute approximate surface area is 140 Å². The van der Waals surface area contributed by atoms with E-state index in [2.05, 4.69) is 51.5 Å². The van der Waals surface area contributed by atoms with E-state index < -0.39 is 0 Å². The van der Waals surface area contributed by atoms with E-state index in [9.17, 15) is 0 Å². The molecule has 1 rings (SSSR count). The maximum absolute atomic E-state index is 5.23. The molecule has 0 aromatic heterocycles. The monoisotopic (exact) mass is 311 g/mol. The molecule has 1 aliphatic rings. The molecule has 0 radical (unpaired) electrons. The fraction of sp³-hybridized carbons (Fsp3) is 0.789. The first-order chi connectivity index (χ1) is 10.5. The highest BCUT2D eigenvalue weighted by molar-refractivity contribution is 5.77. The molecule has 2 N–H and O–H groups in total. The first-order valence-electron chi connectivity index (χ1n) is 8.93. The van der Waals surface area contributed by atoms with Gasteiger partial charge in [0.25, 0.3) is 0 Å². The average molecular weight is 312 g/mol. The van der Waals surface area contributed by atoms with E-state index in [0.29, 0.717) is 5.84 Å². The Morgan fingerprint density at radius 3 is 1.68 bits per heavy atom. The highest BCUT2D eigenvalue weighted by atomic mass is 14.8. The van der Waals surface area contributed by atoms with Crippen molar-refractivity contribution in [3.8, 4) is 0 Å². The molecular weight excluding hydrogens is 270 g/mol. The molecule has 0 aromatic carbocycles. The summed E-state index contributed by atoms with van der Waals surface area (Å²) in [6.45, 7) is 15.6. The predicted molar refractivity (Wildman–Crippen MR) is 105 cm³/mol. The number of nitrogens with zero attached hydrogens (tertiary/aromatic N) is 2. The SMILES string of the molecule is CC1=CN=CC1.CCCC.CCCCC.CCCN=C(C)N. The van der Waals surface area contributed by atoms with Gasteiger partial charge >= 0.3 is 0 Å². The highest BCUT2D eigenvalue weighted by Gasteiger charge is 1.87. The summed E-state index contributed by atoms with van der Waals surface area (Å²) in [5.74, 6) is 0.682. The Morgan fingerprint density at radius 1 is 1.05 bits per heavy atom. The quantitative estimate of drug-likeness (QED) is 0.481. The molecule has 1 heterocycles. The van der Waals surface area contributed by atoms with Crippen molar-refractivity contribution in [2.45, 2.75) is 93.4 Å². The van der Waals surface area contributed by atoms with Gasteiger partial charge in [-0.3, -0.25) is 9.98 Å². The molecule has 0 amide bonds. The van der Waals surface area contributed by atoms with Crippen LogP contribution in [0, 0.1) is 0 Å². The Morgan fingerprint density at radius 2 is 1.59 bits per heavy atom. The Hall–Kier alpha value is -1.12. The van der Waals surface area contributed by atoms with E-state index in [1.54, 1.807) is 6.92 Å². The fourth-order valence-corrected chi connectivity index (χ4v) is 1.07. The largest absolute Gasteiger partial charge is 0.388 e. The second-order valence-electron chi connectivity index (χ2n) is 5.39. The summed E-state index contributed by atoms with van der Waals surface area (Å²) in [6, 6.07) is 0. The molecule has 0 aromatic rings. The van der Waals surface area contributed by atoms with Crippen molar-refractivity contribution in [1.82, 2.24) is 0 Å². The summed E-state index contributed by atoms with van der Waals surface area (Å²) in [5, 5.41) is 0. The van der Waals surface area contributed by atoms with Crippen LogP contribution >= 0.6 is 0 Å². The van der Waals surface area contributed by atoms with E-state index in [-0.39, 0.29) is 0 Å². The number of hydrogen-bond acceptors (Lipinski definition) is 2. The van der Waals surface area contributed by atoms with Gasteiger partial charge in [0.1, 0.15) is 0 Å². The van der Waals surface area contributed by atoms with Gasteiger partial charge in [-0.15, -0.1) is 0 Å². The summed E-state index contributed by atoms with van der Waals surface area (Å²) in [4.78, 5) is 7.81. The van der Waals surface area contributed by atoms with Gasteiger partial charge in [0.05, 0.1) is 5.84 Å². The molecule has 0 fully saturated rings. The average Bonchev–Trinajstić information content (AvgIpc) is 2.98. The van der Waals surface area contributed by atoms with Gasteiger partial charge in [0.15, 0.2) is 0 Å². The number of unbranched alkanes of at least 4 members (excludes halogenated alkanes) is 3. The van der Waals surface area contributed by atoms with Crippen LogP contribution in [-0.2, 0) is 0 Å². The smallest absolute Gasteiger partial charge is 0.0905 e. The predicted octanol–water partition coefficient (Wildman–Crippen LogP) is 6.14. The van der Waals surface area contributed by atoms with Crippen molar-refractivity contribution in [3.05, 3.63) is 11.8 Å². The van der Waals surface area contributed by atoms with Gasteiger partial charge in [0.2, 0.25) is 0 Å². The van der Waals surface area contributed by atoms with Crippen LogP contribution in [0.25, 0.3) is 0 Å². The zero-order chi connectivity index (χ0) is 17.6. The minimum Gasteiger partial charge on any atom is -0.388 e. The van der Waals surface area contributed by atoms with E-state index >= 15 is 0 Å². The second kappa shape index (κ2) is 24.9. The highest BCUT2D eigenvalue weighted by Crippen LogP contribution is 2.02. The van der Waals surface area contributed by atoms with E-state index in [0.717, 1.165) is 19.4 Å². The van der Waals surface area contributed by atoms with Crippen molar-refractivity contribution in [3.63, 3.8) is 0 Å². The van der Waals surface area contributed by atoms with E-state index in [1.807, 2.05) is 12.4 Å². The van der Waals surface area contributed by atoms with Crippen LogP contribution in [0.3, 0.4) is 0 Å². The molecule has 0 unspecified atom stereocenters. The van der Waals surface area contributed by atoms with Gasteiger partial charge in [-0.1, -0.05) is 66.7 Å². The number of nitrogens with two attached hydrogens (primary N) is 1. The fourth-order valence-electron chi connectivity index (χ4n) is 1.07. The molecule has 0 spiro atoms. The lowest BCUT2D eigenvalue weighted by atomic mass is 10.3. The van der Waals surface area contributed by atoms with Crippen LogP contribution in [0.2, 0.25) is 0 Å². The van der Waals surface area contributed by atoms with Crippen molar-refractivity contribution in [1.29, 1.82) is 0 Å². The standard InChI is InChI=1S/C5H12N2.C5H7N.C5H12.C4H10/c1-3-4-7-5(2)6;1-5-2-3-6-4-5;1-3-5-4-2;1-3-4-2/h3-4H2,1-2H3,(H2,6,7);3-4H,2H2,1H3;3-5H2,1-2H3;3-4H2,1-2H3. The minimum atomic E-state index is 0.682. The number of amidine groups is 1. The molecule has 22 heavy (non-hydrogen) atoms. The maximum atomic E-state index is 5.23. The van der Waals surface area contributed by atoms with Gasteiger partial charge in [-0.2, -0.15) is 0 Å². The van der Waals surface area contributed by atoms with Crippen LogP contribution in [0.1, 0.15) is 93.4 Å². The molecule has 132 valence electrons. The molecule has 1 aliphatic heterocycles.